The van der Waals surface area contributed by atoms with Crippen LogP contribution in [0.25, 0.3) is 11.2 Å². The summed E-state index contributed by atoms with van der Waals surface area (Å²) in [6.07, 6.45) is 3.66. The number of nitrogens with zero attached hydrogens (tertiary/aromatic N) is 4. The lowest BCUT2D eigenvalue weighted by molar-refractivity contribution is 0.415. The summed E-state index contributed by atoms with van der Waals surface area (Å²) in [6, 6.07) is 7.18. The fourth-order valence-corrected chi connectivity index (χ4v) is 4.59. The molecule has 4 rings (SSSR count). The summed E-state index contributed by atoms with van der Waals surface area (Å²) in [5.74, 6) is 1.81. The molecule has 0 bridgehead atoms. The van der Waals surface area contributed by atoms with Gasteiger partial charge in [-0.2, -0.15) is 9.97 Å². The highest BCUT2D eigenvalue weighted by molar-refractivity contribution is 7.91. The predicted octanol–water partition coefficient (Wildman–Crippen LogP) is 1.77. The largest absolute Gasteiger partial charge is 0.497 e. The number of anilines is 3. The highest BCUT2D eigenvalue weighted by Gasteiger charge is 2.28. The molecule has 3 aromatic rings. The van der Waals surface area contributed by atoms with Crippen molar-refractivity contribution in [1.82, 2.24) is 19.9 Å². The Morgan fingerprint density at radius 1 is 1.11 bits per heavy atom. The molecule has 3 heterocycles. The minimum atomic E-state index is -3.00. The predicted molar refractivity (Wildman–Crippen MR) is 102 cm³/mol. The fraction of sp³-hybridized carbons (Fsp3) is 0.294. The van der Waals surface area contributed by atoms with Crippen LogP contribution in [0.3, 0.4) is 0 Å². The van der Waals surface area contributed by atoms with E-state index in [2.05, 4.69) is 30.6 Å². The molecule has 10 heteroatoms. The van der Waals surface area contributed by atoms with E-state index in [4.69, 9.17) is 4.74 Å². The van der Waals surface area contributed by atoms with E-state index in [-0.39, 0.29) is 17.5 Å². The van der Waals surface area contributed by atoms with Crippen molar-refractivity contribution in [3.63, 3.8) is 0 Å². The van der Waals surface area contributed by atoms with E-state index in [1.807, 2.05) is 24.3 Å². The van der Waals surface area contributed by atoms with Gasteiger partial charge in [0.1, 0.15) is 5.75 Å². The Labute approximate surface area is 156 Å². The first-order valence-corrected chi connectivity index (χ1v) is 10.2. The standard InChI is InChI=1S/C17H18N6O3S/c1-26-13-4-2-11(3-5-13)20-16-14-15(19-8-7-18-14)22-17(23-16)21-12-6-9-27(24,25)10-12/h2-5,7-8,12H,6,9-10H2,1H3,(H2,19,20,21,22,23). The SMILES string of the molecule is COc1ccc(Nc2nc(NC3CCS(=O)(=O)C3)nc3nccnc23)cc1. The van der Waals surface area contributed by atoms with Gasteiger partial charge in [0.2, 0.25) is 5.95 Å². The Kier molecular flexibility index (Phi) is 4.48. The summed E-state index contributed by atoms with van der Waals surface area (Å²) >= 11 is 0. The Balaban J connectivity index is 1.65. The first-order chi connectivity index (χ1) is 13.0. The van der Waals surface area contributed by atoms with Crippen LogP contribution < -0.4 is 15.4 Å². The van der Waals surface area contributed by atoms with Crippen molar-refractivity contribution >= 4 is 38.5 Å². The molecule has 140 valence electrons. The number of rotatable bonds is 5. The first-order valence-electron chi connectivity index (χ1n) is 8.39. The molecule has 0 radical (unpaired) electrons. The normalized spacial score (nSPS) is 18.3. The van der Waals surface area contributed by atoms with Gasteiger partial charge in [-0.3, -0.25) is 0 Å². The van der Waals surface area contributed by atoms with Crippen LogP contribution >= 0.6 is 0 Å². The highest BCUT2D eigenvalue weighted by atomic mass is 32.2. The van der Waals surface area contributed by atoms with Crippen molar-refractivity contribution < 1.29 is 13.2 Å². The third kappa shape index (κ3) is 3.90. The summed E-state index contributed by atoms with van der Waals surface area (Å²) in [6.45, 7) is 0. The number of methoxy groups -OCH3 is 1. The summed E-state index contributed by atoms with van der Waals surface area (Å²) in [5.41, 5.74) is 1.75. The van der Waals surface area contributed by atoms with E-state index in [0.29, 0.717) is 29.4 Å². The molecular weight excluding hydrogens is 368 g/mol. The molecule has 1 aliphatic heterocycles. The van der Waals surface area contributed by atoms with Gasteiger partial charge in [-0.1, -0.05) is 0 Å². The van der Waals surface area contributed by atoms with E-state index in [9.17, 15) is 8.42 Å². The third-order valence-corrected chi connectivity index (χ3v) is 6.02. The van der Waals surface area contributed by atoms with E-state index < -0.39 is 9.84 Å². The number of sulfone groups is 1. The third-order valence-electron chi connectivity index (χ3n) is 4.25. The Morgan fingerprint density at radius 2 is 1.89 bits per heavy atom. The summed E-state index contributed by atoms with van der Waals surface area (Å²) in [5, 5.41) is 6.32. The van der Waals surface area contributed by atoms with Crippen molar-refractivity contribution in [1.29, 1.82) is 0 Å². The first kappa shape index (κ1) is 17.4. The van der Waals surface area contributed by atoms with Crippen LogP contribution in [0.5, 0.6) is 5.75 Å². The highest BCUT2D eigenvalue weighted by Crippen LogP contribution is 2.25. The monoisotopic (exact) mass is 386 g/mol. The second kappa shape index (κ2) is 6.95. The zero-order valence-electron chi connectivity index (χ0n) is 14.6. The van der Waals surface area contributed by atoms with E-state index in [0.717, 1.165) is 11.4 Å². The molecule has 1 atom stereocenters. The zero-order valence-corrected chi connectivity index (χ0v) is 15.4. The minimum absolute atomic E-state index is 0.0795. The van der Waals surface area contributed by atoms with Crippen molar-refractivity contribution in [2.24, 2.45) is 0 Å². The number of fused-ring (bicyclic) bond motifs is 1. The Hall–Kier alpha value is -3.01. The van der Waals surface area contributed by atoms with Gasteiger partial charge < -0.3 is 15.4 Å². The molecule has 0 spiro atoms. The molecule has 9 nitrogen and oxygen atoms in total. The van der Waals surface area contributed by atoms with Gasteiger partial charge in [0, 0.05) is 24.1 Å². The van der Waals surface area contributed by atoms with Crippen LogP contribution in [0, 0.1) is 0 Å². The summed E-state index contributed by atoms with van der Waals surface area (Å²) < 4.78 is 28.5. The number of aromatic nitrogens is 4. The van der Waals surface area contributed by atoms with E-state index in [1.54, 1.807) is 19.5 Å². The molecule has 27 heavy (non-hydrogen) atoms. The van der Waals surface area contributed by atoms with Crippen LogP contribution in [0.4, 0.5) is 17.5 Å². The van der Waals surface area contributed by atoms with Crippen LogP contribution in [-0.2, 0) is 9.84 Å². The molecule has 1 aliphatic rings. The maximum absolute atomic E-state index is 11.7. The number of ether oxygens (including phenoxy) is 1. The topological polar surface area (TPSA) is 119 Å². The average Bonchev–Trinajstić information content (AvgIpc) is 3.00. The molecule has 1 unspecified atom stereocenters. The number of hydrogen-bond acceptors (Lipinski definition) is 9. The van der Waals surface area contributed by atoms with Crippen LogP contribution in [0.2, 0.25) is 0 Å². The molecular formula is C17H18N6O3S. The summed E-state index contributed by atoms with van der Waals surface area (Å²) in [4.78, 5) is 17.4. The zero-order chi connectivity index (χ0) is 18.9. The Morgan fingerprint density at radius 3 is 2.59 bits per heavy atom. The molecule has 1 saturated heterocycles. The van der Waals surface area contributed by atoms with Gasteiger partial charge >= 0.3 is 0 Å². The van der Waals surface area contributed by atoms with Crippen molar-refractivity contribution in [2.75, 3.05) is 29.2 Å². The molecule has 0 amide bonds. The Bertz CT molecular complexity index is 1070. The second-order valence-electron chi connectivity index (χ2n) is 6.22. The van der Waals surface area contributed by atoms with Gasteiger partial charge in [-0.25, -0.2) is 18.4 Å². The van der Waals surface area contributed by atoms with Crippen LogP contribution in [-0.4, -0.2) is 53.0 Å². The van der Waals surface area contributed by atoms with Gasteiger partial charge in [0.25, 0.3) is 0 Å². The molecule has 0 aliphatic carbocycles. The van der Waals surface area contributed by atoms with Gasteiger partial charge in [0.05, 0.1) is 18.6 Å². The minimum Gasteiger partial charge on any atom is -0.497 e. The van der Waals surface area contributed by atoms with Gasteiger partial charge in [0.15, 0.2) is 26.8 Å². The van der Waals surface area contributed by atoms with Crippen molar-refractivity contribution in [3.05, 3.63) is 36.7 Å². The van der Waals surface area contributed by atoms with Crippen LogP contribution in [0.1, 0.15) is 6.42 Å². The number of hydrogen-bond donors (Lipinski definition) is 2. The lowest BCUT2D eigenvalue weighted by Gasteiger charge is -2.13. The number of nitrogens with one attached hydrogen (secondary N) is 2. The van der Waals surface area contributed by atoms with Gasteiger partial charge in [-0.05, 0) is 30.7 Å². The maximum Gasteiger partial charge on any atom is 0.227 e. The lowest BCUT2D eigenvalue weighted by atomic mass is 10.3. The lowest BCUT2D eigenvalue weighted by Crippen LogP contribution is -2.22. The molecule has 2 N–H and O–H groups in total. The second-order valence-corrected chi connectivity index (χ2v) is 8.45. The van der Waals surface area contributed by atoms with Crippen molar-refractivity contribution in [2.45, 2.75) is 12.5 Å². The fourth-order valence-electron chi connectivity index (χ4n) is 2.92. The van der Waals surface area contributed by atoms with E-state index in [1.165, 1.54) is 0 Å². The van der Waals surface area contributed by atoms with Crippen molar-refractivity contribution in [3.8, 4) is 5.75 Å². The smallest absolute Gasteiger partial charge is 0.227 e. The van der Waals surface area contributed by atoms with Crippen LogP contribution in [0.15, 0.2) is 36.7 Å². The average molecular weight is 386 g/mol. The van der Waals surface area contributed by atoms with E-state index >= 15 is 0 Å². The molecule has 2 aromatic heterocycles. The quantitative estimate of drug-likeness (QED) is 0.676. The number of benzene rings is 1. The molecule has 1 fully saturated rings. The van der Waals surface area contributed by atoms with Gasteiger partial charge in [-0.15, -0.1) is 0 Å². The summed E-state index contributed by atoms with van der Waals surface area (Å²) in [7, 11) is -1.39. The maximum atomic E-state index is 11.7. The molecule has 0 saturated carbocycles. The molecule has 1 aromatic carbocycles.